The minimum atomic E-state index is -0.00739. The van der Waals surface area contributed by atoms with Gasteiger partial charge in [-0.25, -0.2) is 0 Å². The van der Waals surface area contributed by atoms with Crippen molar-refractivity contribution in [1.29, 1.82) is 0 Å². The molecule has 0 bridgehead atoms. The first-order valence-corrected chi connectivity index (χ1v) is 7.35. The Morgan fingerprint density at radius 3 is 3.00 bits per heavy atom. The smallest absolute Gasteiger partial charge is 0.257 e. The van der Waals surface area contributed by atoms with Crippen LogP contribution >= 0.6 is 11.6 Å². The second-order valence-electron chi connectivity index (χ2n) is 5.24. The molecule has 5 nitrogen and oxygen atoms in total. The predicted octanol–water partition coefficient (Wildman–Crippen LogP) is 2.16. The van der Waals surface area contributed by atoms with E-state index in [0.29, 0.717) is 35.4 Å². The van der Waals surface area contributed by atoms with Gasteiger partial charge in [0.25, 0.3) is 5.91 Å². The fraction of sp³-hybridized carbons (Fsp3) is 0.333. The third-order valence-electron chi connectivity index (χ3n) is 3.67. The number of nitrogens with one attached hydrogen (secondary N) is 2. The molecule has 2 heterocycles. The number of aromatic amines is 1. The summed E-state index contributed by atoms with van der Waals surface area (Å²) in [7, 11) is 0. The molecule has 0 saturated carbocycles. The Morgan fingerprint density at radius 2 is 2.24 bits per heavy atom. The van der Waals surface area contributed by atoms with E-state index in [0.717, 1.165) is 12.1 Å². The molecule has 0 spiro atoms. The van der Waals surface area contributed by atoms with Crippen molar-refractivity contribution in [3.05, 3.63) is 41.0 Å². The number of carbonyl (C=O) groups excluding carboxylic acids is 1. The van der Waals surface area contributed by atoms with Gasteiger partial charge in [-0.15, -0.1) is 0 Å². The highest BCUT2D eigenvalue weighted by atomic mass is 35.5. The van der Waals surface area contributed by atoms with Crippen LogP contribution in [0.25, 0.3) is 11.3 Å². The molecule has 0 aliphatic carbocycles. The van der Waals surface area contributed by atoms with Crippen molar-refractivity contribution in [1.82, 2.24) is 20.4 Å². The number of amides is 1. The largest absolute Gasteiger partial charge is 0.336 e. The highest BCUT2D eigenvalue weighted by molar-refractivity contribution is 6.33. The van der Waals surface area contributed by atoms with Gasteiger partial charge in [-0.1, -0.05) is 29.8 Å². The molecular weight excluding hydrogens is 288 g/mol. The molecule has 110 valence electrons. The maximum absolute atomic E-state index is 12.7. The van der Waals surface area contributed by atoms with E-state index in [9.17, 15) is 4.79 Å². The molecule has 1 aliphatic rings. The summed E-state index contributed by atoms with van der Waals surface area (Å²) >= 11 is 6.22. The number of halogens is 1. The first kappa shape index (κ1) is 14.1. The Hall–Kier alpha value is -1.85. The van der Waals surface area contributed by atoms with Crippen molar-refractivity contribution in [3.63, 3.8) is 0 Å². The average molecular weight is 305 g/mol. The van der Waals surface area contributed by atoms with Crippen LogP contribution in [-0.4, -0.2) is 46.7 Å². The maximum Gasteiger partial charge on any atom is 0.257 e. The Morgan fingerprint density at radius 1 is 1.43 bits per heavy atom. The van der Waals surface area contributed by atoms with Crippen LogP contribution in [0.4, 0.5) is 0 Å². The molecule has 1 fully saturated rings. The Balaban J connectivity index is 1.92. The molecule has 1 amide bonds. The highest BCUT2D eigenvalue weighted by Gasteiger charge is 2.25. The van der Waals surface area contributed by atoms with Crippen LogP contribution in [-0.2, 0) is 0 Å². The van der Waals surface area contributed by atoms with Gasteiger partial charge >= 0.3 is 0 Å². The number of piperazine rings is 1. The predicted molar refractivity (Wildman–Crippen MR) is 82.4 cm³/mol. The third-order valence-corrected chi connectivity index (χ3v) is 4.00. The van der Waals surface area contributed by atoms with Gasteiger partial charge in [0.2, 0.25) is 0 Å². The fourth-order valence-corrected chi connectivity index (χ4v) is 2.83. The van der Waals surface area contributed by atoms with E-state index in [1.54, 1.807) is 12.3 Å². The lowest BCUT2D eigenvalue weighted by Gasteiger charge is -2.31. The van der Waals surface area contributed by atoms with Crippen molar-refractivity contribution < 1.29 is 4.79 Å². The van der Waals surface area contributed by atoms with E-state index in [2.05, 4.69) is 22.4 Å². The van der Waals surface area contributed by atoms with E-state index in [1.165, 1.54) is 0 Å². The van der Waals surface area contributed by atoms with Crippen LogP contribution in [0.3, 0.4) is 0 Å². The second kappa shape index (κ2) is 5.87. The summed E-state index contributed by atoms with van der Waals surface area (Å²) in [5.74, 6) is -0.00739. The molecular formula is C15H17ClN4O. The number of aromatic nitrogens is 2. The van der Waals surface area contributed by atoms with Crippen molar-refractivity contribution in [2.75, 3.05) is 19.6 Å². The maximum atomic E-state index is 12.7. The molecule has 21 heavy (non-hydrogen) atoms. The van der Waals surface area contributed by atoms with Gasteiger partial charge in [-0.05, 0) is 13.0 Å². The van der Waals surface area contributed by atoms with E-state index >= 15 is 0 Å². The standard InChI is InChI=1S/C15H17ClN4O/c1-10-9-20(7-6-17-10)15(21)12-8-18-19-14(12)11-4-2-3-5-13(11)16/h2-5,8,10,17H,6-7,9H2,1H3,(H,18,19)/t10-/m1/s1. The van der Waals surface area contributed by atoms with E-state index < -0.39 is 0 Å². The van der Waals surface area contributed by atoms with Crippen LogP contribution in [0.5, 0.6) is 0 Å². The molecule has 3 rings (SSSR count). The SMILES string of the molecule is C[C@@H]1CN(C(=O)c2cn[nH]c2-c2ccccc2Cl)CCN1. The van der Waals surface area contributed by atoms with E-state index in [1.807, 2.05) is 23.1 Å². The zero-order chi connectivity index (χ0) is 14.8. The summed E-state index contributed by atoms with van der Waals surface area (Å²) in [6.07, 6.45) is 1.58. The summed E-state index contributed by atoms with van der Waals surface area (Å²) in [5.41, 5.74) is 2.04. The molecule has 1 saturated heterocycles. The van der Waals surface area contributed by atoms with E-state index in [-0.39, 0.29) is 5.91 Å². The van der Waals surface area contributed by atoms with Gasteiger partial charge in [0, 0.05) is 36.3 Å². The first-order valence-electron chi connectivity index (χ1n) is 6.97. The lowest BCUT2D eigenvalue weighted by molar-refractivity contribution is 0.0710. The van der Waals surface area contributed by atoms with Gasteiger partial charge in [0.1, 0.15) is 0 Å². The summed E-state index contributed by atoms with van der Waals surface area (Å²) in [6.45, 7) is 4.29. The zero-order valence-electron chi connectivity index (χ0n) is 11.8. The number of hydrogen-bond acceptors (Lipinski definition) is 3. The minimum absolute atomic E-state index is 0.00739. The average Bonchev–Trinajstić information content (AvgIpc) is 2.96. The molecule has 1 aromatic heterocycles. The van der Waals surface area contributed by atoms with Crippen LogP contribution in [0.2, 0.25) is 5.02 Å². The Labute approximate surface area is 128 Å². The Kier molecular flexibility index (Phi) is 3.94. The molecule has 2 aromatic rings. The first-order chi connectivity index (χ1) is 10.2. The number of hydrogen-bond donors (Lipinski definition) is 2. The zero-order valence-corrected chi connectivity index (χ0v) is 12.5. The molecule has 1 aromatic carbocycles. The van der Waals surface area contributed by atoms with Gasteiger partial charge in [0.15, 0.2) is 0 Å². The van der Waals surface area contributed by atoms with Crippen molar-refractivity contribution in [2.24, 2.45) is 0 Å². The lowest BCUT2D eigenvalue weighted by atomic mass is 10.1. The number of benzene rings is 1. The van der Waals surface area contributed by atoms with Gasteiger partial charge in [0.05, 0.1) is 17.5 Å². The molecule has 0 unspecified atom stereocenters. The van der Waals surface area contributed by atoms with Crippen LogP contribution in [0.15, 0.2) is 30.5 Å². The number of carbonyl (C=O) groups is 1. The number of nitrogens with zero attached hydrogens (tertiary/aromatic N) is 2. The van der Waals surface area contributed by atoms with Crippen molar-refractivity contribution in [2.45, 2.75) is 13.0 Å². The van der Waals surface area contributed by atoms with Gasteiger partial charge < -0.3 is 10.2 Å². The number of H-pyrrole nitrogens is 1. The molecule has 6 heteroatoms. The van der Waals surface area contributed by atoms with Crippen molar-refractivity contribution >= 4 is 17.5 Å². The normalized spacial score (nSPS) is 18.8. The summed E-state index contributed by atoms with van der Waals surface area (Å²) in [6, 6.07) is 7.75. The second-order valence-corrected chi connectivity index (χ2v) is 5.65. The topological polar surface area (TPSA) is 61.0 Å². The number of rotatable bonds is 2. The van der Waals surface area contributed by atoms with Crippen LogP contribution in [0, 0.1) is 0 Å². The molecule has 2 N–H and O–H groups in total. The molecule has 1 aliphatic heterocycles. The summed E-state index contributed by atoms with van der Waals surface area (Å²) < 4.78 is 0. The van der Waals surface area contributed by atoms with Crippen LogP contribution < -0.4 is 5.32 Å². The monoisotopic (exact) mass is 304 g/mol. The van der Waals surface area contributed by atoms with E-state index in [4.69, 9.17) is 11.6 Å². The fourth-order valence-electron chi connectivity index (χ4n) is 2.60. The highest BCUT2D eigenvalue weighted by Crippen LogP contribution is 2.29. The minimum Gasteiger partial charge on any atom is -0.336 e. The molecule has 1 atom stereocenters. The third kappa shape index (κ3) is 2.80. The quantitative estimate of drug-likeness (QED) is 0.894. The van der Waals surface area contributed by atoms with Crippen LogP contribution in [0.1, 0.15) is 17.3 Å². The van der Waals surface area contributed by atoms with Crippen molar-refractivity contribution in [3.8, 4) is 11.3 Å². The lowest BCUT2D eigenvalue weighted by Crippen LogP contribution is -2.51. The molecule has 0 radical (unpaired) electrons. The van der Waals surface area contributed by atoms with Gasteiger partial charge in [-0.3, -0.25) is 9.89 Å². The Bertz CT molecular complexity index is 655. The van der Waals surface area contributed by atoms with Gasteiger partial charge in [-0.2, -0.15) is 5.10 Å². The summed E-state index contributed by atoms with van der Waals surface area (Å²) in [5, 5.41) is 10.9. The summed E-state index contributed by atoms with van der Waals surface area (Å²) in [4.78, 5) is 14.6.